The quantitative estimate of drug-likeness (QED) is 0.500. The zero-order valence-corrected chi connectivity index (χ0v) is 13.3. The minimum absolute atomic E-state index is 0. The van der Waals surface area contributed by atoms with Gasteiger partial charge in [-0.3, -0.25) is 4.79 Å². The highest BCUT2D eigenvalue weighted by molar-refractivity contribution is 5.69. The molecular weight excluding hydrogens is 244 g/mol. The van der Waals surface area contributed by atoms with Crippen molar-refractivity contribution in [1.29, 1.82) is 0 Å². The zero-order chi connectivity index (χ0) is 14.2. The van der Waals surface area contributed by atoms with Crippen LogP contribution in [0.2, 0.25) is 0 Å². The molecule has 0 saturated carbocycles. The third kappa shape index (κ3) is 31.7. The number of esters is 1. The van der Waals surface area contributed by atoms with E-state index in [1.807, 2.05) is 26.0 Å². The number of carbonyl (C=O) groups is 1. The zero-order valence-electron chi connectivity index (χ0n) is 13.3. The van der Waals surface area contributed by atoms with Crippen molar-refractivity contribution in [3.05, 3.63) is 0 Å². The van der Waals surface area contributed by atoms with Crippen LogP contribution < -0.4 is 6.15 Å². The van der Waals surface area contributed by atoms with Gasteiger partial charge in [-0.1, -0.05) is 32.6 Å². The van der Waals surface area contributed by atoms with Crippen LogP contribution in [-0.2, 0) is 9.53 Å². The van der Waals surface area contributed by atoms with Gasteiger partial charge in [0.15, 0.2) is 0 Å². The summed E-state index contributed by atoms with van der Waals surface area (Å²) >= 11 is 0. The van der Waals surface area contributed by atoms with Gasteiger partial charge in [-0.25, -0.2) is 0 Å². The van der Waals surface area contributed by atoms with E-state index >= 15 is 0 Å². The van der Waals surface area contributed by atoms with Crippen LogP contribution in [-0.4, -0.2) is 50.3 Å². The number of nitrogens with zero attached hydrogens (tertiary/aromatic N) is 1. The SMILES string of the molecule is CCCCCCCC(=O)OCCCO.CN(C)C.N. The van der Waals surface area contributed by atoms with E-state index < -0.39 is 0 Å². The Bertz CT molecular complexity index is 173. The summed E-state index contributed by atoms with van der Waals surface area (Å²) < 4.78 is 4.89. The first-order valence-electron chi connectivity index (χ1n) is 6.92. The van der Waals surface area contributed by atoms with Crippen molar-refractivity contribution in [1.82, 2.24) is 11.1 Å². The highest BCUT2D eigenvalue weighted by atomic mass is 16.5. The minimum atomic E-state index is -0.130. The summed E-state index contributed by atoms with van der Waals surface area (Å²) in [6, 6.07) is 0. The Morgan fingerprint density at radius 2 is 1.58 bits per heavy atom. The van der Waals surface area contributed by atoms with Crippen LogP contribution in [0.5, 0.6) is 0 Å². The van der Waals surface area contributed by atoms with Crippen molar-refractivity contribution in [3.8, 4) is 0 Å². The second kappa shape index (κ2) is 19.7. The van der Waals surface area contributed by atoms with Gasteiger partial charge < -0.3 is 20.9 Å². The molecule has 0 saturated heterocycles. The normalized spacial score (nSPS) is 9.37. The second-order valence-corrected chi connectivity index (χ2v) is 4.80. The summed E-state index contributed by atoms with van der Waals surface area (Å²) in [5.74, 6) is -0.130. The Hall–Kier alpha value is -0.650. The lowest BCUT2D eigenvalue weighted by atomic mass is 10.1. The van der Waals surface area contributed by atoms with Gasteiger partial charge in [-0.15, -0.1) is 0 Å². The molecule has 0 aromatic heterocycles. The molecule has 4 N–H and O–H groups in total. The molecule has 0 atom stereocenters. The lowest BCUT2D eigenvalue weighted by molar-refractivity contribution is -0.144. The van der Waals surface area contributed by atoms with Crippen LogP contribution in [0.3, 0.4) is 0 Å². The molecule has 0 aliphatic carbocycles. The average molecular weight is 278 g/mol. The van der Waals surface area contributed by atoms with Crippen molar-refractivity contribution in [2.45, 2.75) is 51.9 Å². The number of carbonyl (C=O) groups excluding carboxylic acids is 1. The Labute approximate surface area is 118 Å². The third-order valence-corrected chi connectivity index (χ3v) is 2.05. The van der Waals surface area contributed by atoms with Crippen molar-refractivity contribution in [2.75, 3.05) is 34.4 Å². The third-order valence-electron chi connectivity index (χ3n) is 2.05. The van der Waals surface area contributed by atoms with Crippen molar-refractivity contribution in [3.63, 3.8) is 0 Å². The summed E-state index contributed by atoms with van der Waals surface area (Å²) in [6.45, 7) is 2.61. The first-order chi connectivity index (χ1) is 8.54. The predicted octanol–water partition coefficient (Wildman–Crippen LogP) is 2.61. The summed E-state index contributed by atoms with van der Waals surface area (Å²) in [6.07, 6.45) is 6.79. The van der Waals surface area contributed by atoms with Crippen LogP contribution in [0.15, 0.2) is 0 Å². The van der Waals surface area contributed by atoms with E-state index in [1.54, 1.807) is 0 Å². The molecule has 0 rings (SSSR count). The fraction of sp³-hybridized carbons (Fsp3) is 0.929. The molecular formula is C14H34N2O3. The number of unbranched alkanes of at least 4 members (excludes halogenated alkanes) is 4. The van der Waals surface area contributed by atoms with Gasteiger partial charge in [-0.2, -0.15) is 0 Å². The second-order valence-electron chi connectivity index (χ2n) is 4.80. The fourth-order valence-electron chi connectivity index (χ4n) is 1.20. The Morgan fingerprint density at radius 3 is 2.05 bits per heavy atom. The molecule has 0 fully saturated rings. The molecule has 0 aliphatic heterocycles. The molecule has 0 spiro atoms. The smallest absolute Gasteiger partial charge is 0.305 e. The predicted molar refractivity (Wildman–Crippen MR) is 80.7 cm³/mol. The van der Waals surface area contributed by atoms with Crippen LogP contribution >= 0.6 is 0 Å². The standard InChI is InChI=1S/C11H22O3.C3H9N.H3N/c1-2-3-4-5-6-8-11(13)14-10-7-9-12;1-4(2)3;/h12H,2-10H2,1H3;1-3H3;1H3. The molecule has 0 bridgehead atoms. The van der Waals surface area contributed by atoms with E-state index in [2.05, 4.69) is 6.92 Å². The topological polar surface area (TPSA) is 84.8 Å². The number of aliphatic hydroxyl groups is 1. The fourth-order valence-corrected chi connectivity index (χ4v) is 1.20. The largest absolute Gasteiger partial charge is 0.466 e. The summed E-state index contributed by atoms with van der Waals surface area (Å²) in [5.41, 5.74) is 0. The molecule has 5 heteroatoms. The highest BCUT2D eigenvalue weighted by Gasteiger charge is 2.01. The maximum Gasteiger partial charge on any atom is 0.305 e. The molecule has 0 amide bonds. The van der Waals surface area contributed by atoms with Crippen molar-refractivity contribution in [2.24, 2.45) is 0 Å². The molecule has 5 nitrogen and oxygen atoms in total. The van der Waals surface area contributed by atoms with E-state index in [1.165, 1.54) is 19.3 Å². The molecule has 0 radical (unpaired) electrons. The van der Waals surface area contributed by atoms with Gasteiger partial charge in [0.2, 0.25) is 0 Å². The van der Waals surface area contributed by atoms with E-state index in [0.29, 0.717) is 19.4 Å². The molecule has 0 heterocycles. The minimum Gasteiger partial charge on any atom is -0.466 e. The van der Waals surface area contributed by atoms with Crippen molar-refractivity contribution < 1.29 is 14.6 Å². The molecule has 0 unspecified atom stereocenters. The molecule has 0 aliphatic rings. The summed E-state index contributed by atoms with van der Waals surface area (Å²) in [5, 5.41) is 8.46. The monoisotopic (exact) mass is 278 g/mol. The molecule has 0 aromatic rings. The summed E-state index contributed by atoms with van der Waals surface area (Å²) in [7, 11) is 6.00. The maximum absolute atomic E-state index is 11.0. The lowest BCUT2D eigenvalue weighted by Crippen LogP contribution is -2.06. The van der Waals surface area contributed by atoms with Crippen LogP contribution in [0, 0.1) is 0 Å². The number of ether oxygens (including phenoxy) is 1. The Kier molecular flexibility index (Phi) is 24.3. The number of aliphatic hydroxyl groups excluding tert-OH is 1. The maximum atomic E-state index is 11.0. The van der Waals surface area contributed by atoms with E-state index in [9.17, 15) is 4.79 Å². The molecule has 19 heavy (non-hydrogen) atoms. The molecule has 0 aromatic carbocycles. The van der Waals surface area contributed by atoms with Crippen LogP contribution in [0.4, 0.5) is 0 Å². The van der Waals surface area contributed by atoms with E-state index in [0.717, 1.165) is 12.8 Å². The van der Waals surface area contributed by atoms with Gasteiger partial charge in [0, 0.05) is 19.4 Å². The van der Waals surface area contributed by atoms with Crippen LogP contribution in [0.25, 0.3) is 0 Å². The number of hydrogen-bond acceptors (Lipinski definition) is 5. The Balaban J connectivity index is -0.000000448. The van der Waals surface area contributed by atoms with Gasteiger partial charge >= 0.3 is 5.97 Å². The number of rotatable bonds is 9. The van der Waals surface area contributed by atoms with E-state index in [-0.39, 0.29) is 18.7 Å². The Morgan fingerprint density at radius 1 is 1.05 bits per heavy atom. The van der Waals surface area contributed by atoms with Gasteiger partial charge in [0.1, 0.15) is 0 Å². The first kappa shape index (κ1) is 23.4. The van der Waals surface area contributed by atoms with E-state index in [4.69, 9.17) is 9.84 Å². The molecule has 118 valence electrons. The van der Waals surface area contributed by atoms with Crippen molar-refractivity contribution >= 4 is 5.97 Å². The average Bonchev–Trinajstić information content (AvgIpc) is 2.28. The highest BCUT2D eigenvalue weighted by Crippen LogP contribution is 2.05. The first-order valence-corrected chi connectivity index (χ1v) is 6.92. The number of hydrogen-bond donors (Lipinski definition) is 2. The van der Waals surface area contributed by atoms with Gasteiger partial charge in [0.05, 0.1) is 6.61 Å². The van der Waals surface area contributed by atoms with Crippen LogP contribution in [0.1, 0.15) is 51.9 Å². The van der Waals surface area contributed by atoms with Gasteiger partial charge in [0.25, 0.3) is 0 Å². The lowest BCUT2D eigenvalue weighted by Gasteiger charge is -2.03. The van der Waals surface area contributed by atoms with Gasteiger partial charge in [-0.05, 0) is 27.6 Å². The summed E-state index contributed by atoms with van der Waals surface area (Å²) in [4.78, 5) is 13.0.